The molecule has 1 fully saturated rings. The fraction of sp³-hybridized carbons (Fsp3) is 0.533. The summed E-state index contributed by atoms with van der Waals surface area (Å²) in [4.78, 5) is 29.8. The van der Waals surface area contributed by atoms with Gasteiger partial charge in [-0.3, -0.25) is 9.59 Å². The van der Waals surface area contributed by atoms with Crippen LogP contribution < -0.4 is 5.32 Å². The Morgan fingerprint density at radius 3 is 2.62 bits per heavy atom. The fourth-order valence-electron chi connectivity index (χ4n) is 2.68. The Bertz CT molecular complexity index is 713. The van der Waals surface area contributed by atoms with Crippen molar-refractivity contribution in [3.63, 3.8) is 0 Å². The zero-order valence-electron chi connectivity index (χ0n) is 13.7. The molecule has 0 radical (unpaired) electrons. The molecule has 7 nitrogen and oxygen atoms in total. The van der Waals surface area contributed by atoms with E-state index in [4.69, 9.17) is 0 Å². The highest BCUT2D eigenvalue weighted by atomic mass is 32.2. The average molecular weight is 371 g/mol. The van der Waals surface area contributed by atoms with Crippen LogP contribution in [0.5, 0.6) is 0 Å². The van der Waals surface area contributed by atoms with Crippen molar-refractivity contribution in [3.8, 4) is 0 Å². The maximum Gasteiger partial charge on any atom is 0.256 e. The van der Waals surface area contributed by atoms with Gasteiger partial charge >= 0.3 is 0 Å². The molecule has 0 unspecified atom stereocenters. The predicted octanol–water partition coefficient (Wildman–Crippen LogP) is 0.569. The Balaban J connectivity index is 2.02. The lowest BCUT2D eigenvalue weighted by Gasteiger charge is -2.31. The first kappa shape index (κ1) is 18.7. The van der Waals surface area contributed by atoms with Crippen molar-refractivity contribution in [2.24, 2.45) is 0 Å². The largest absolute Gasteiger partial charge is 0.358 e. The van der Waals surface area contributed by atoms with Gasteiger partial charge in [-0.25, -0.2) is 13.4 Å². The summed E-state index contributed by atoms with van der Waals surface area (Å²) in [6, 6.07) is 3.45. The zero-order chi connectivity index (χ0) is 17.7. The van der Waals surface area contributed by atoms with Crippen LogP contribution in [-0.2, 0) is 14.6 Å². The van der Waals surface area contributed by atoms with E-state index in [2.05, 4.69) is 10.3 Å². The molecule has 1 saturated heterocycles. The van der Waals surface area contributed by atoms with Crippen LogP contribution in [0.3, 0.4) is 0 Å². The minimum absolute atomic E-state index is 0.130. The SMILES string of the molecule is CNC(=O)CS(=O)(=O)C1CCN(C(=O)c2cccnc2SC)CC1. The van der Waals surface area contributed by atoms with Crippen molar-refractivity contribution in [1.29, 1.82) is 0 Å². The van der Waals surface area contributed by atoms with Gasteiger partial charge in [-0.2, -0.15) is 0 Å². The molecule has 0 spiro atoms. The minimum Gasteiger partial charge on any atom is -0.358 e. The van der Waals surface area contributed by atoms with E-state index < -0.39 is 26.7 Å². The third-order valence-corrected chi connectivity index (χ3v) is 6.91. The summed E-state index contributed by atoms with van der Waals surface area (Å²) in [5, 5.41) is 2.42. The van der Waals surface area contributed by atoms with Gasteiger partial charge in [0.15, 0.2) is 9.84 Å². The zero-order valence-corrected chi connectivity index (χ0v) is 15.3. The van der Waals surface area contributed by atoms with Crippen LogP contribution in [0.2, 0.25) is 0 Å². The summed E-state index contributed by atoms with van der Waals surface area (Å²) in [7, 11) is -2.07. The van der Waals surface area contributed by atoms with Crippen LogP contribution in [0.25, 0.3) is 0 Å². The van der Waals surface area contributed by atoms with Gasteiger partial charge in [0.1, 0.15) is 10.8 Å². The Labute approximate surface area is 146 Å². The van der Waals surface area contributed by atoms with Crippen molar-refractivity contribution < 1.29 is 18.0 Å². The third kappa shape index (κ3) is 4.27. The molecule has 9 heteroatoms. The maximum absolute atomic E-state index is 12.6. The van der Waals surface area contributed by atoms with Gasteiger partial charge in [0.2, 0.25) is 5.91 Å². The molecule has 2 amide bonds. The molecule has 1 aromatic heterocycles. The predicted molar refractivity (Wildman–Crippen MR) is 92.8 cm³/mol. The van der Waals surface area contributed by atoms with E-state index in [-0.39, 0.29) is 5.91 Å². The summed E-state index contributed by atoms with van der Waals surface area (Å²) in [5.41, 5.74) is 0.539. The van der Waals surface area contributed by atoms with E-state index in [1.807, 2.05) is 6.26 Å². The number of piperidine rings is 1. The highest BCUT2D eigenvalue weighted by Crippen LogP contribution is 2.23. The lowest BCUT2D eigenvalue weighted by atomic mass is 10.1. The van der Waals surface area contributed by atoms with E-state index in [0.29, 0.717) is 36.5 Å². The van der Waals surface area contributed by atoms with Crippen LogP contribution in [0.15, 0.2) is 23.4 Å². The van der Waals surface area contributed by atoms with Crippen molar-refractivity contribution in [1.82, 2.24) is 15.2 Å². The summed E-state index contributed by atoms with van der Waals surface area (Å²) in [5.74, 6) is -1.13. The van der Waals surface area contributed by atoms with Crippen LogP contribution in [0.1, 0.15) is 23.2 Å². The van der Waals surface area contributed by atoms with E-state index in [0.717, 1.165) is 0 Å². The quantitative estimate of drug-likeness (QED) is 0.760. The number of thioether (sulfide) groups is 1. The number of pyridine rings is 1. The Morgan fingerprint density at radius 1 is 1.38 bits per heavy atom. The third-order valence-electron chi connectivity index (χ3n) is 4.04. The van der Waals surface area contributed by atoms with Crippen molar-refractivity contribution in [2.45, 2.75) is 23.1 Å². The Hall–Kier alpha value is -1.61. The molecule has 1 aliphatic rings. The molecule has 0 aromatic carbocycles. The standard InChI is InChI=1S/C15H21N3O4S2/c1-16-13(19)10-24(21,22)11-5-8-18(9-6-11)15(20)12-4-3-7-17-14(12)23-2/h3-4,7,11H,5-6,8-10H2,1-2H3,(H,16,19). The number of nitrogens with zero attached hydrogens (tertiary/aromatic N) is 2. The monoisotopic (exact) mass is 371 g/mol. The van der Waals surface area contributed by atoms with Gasteiger partial charge in [0, 0.05) is 26.3 Å². The van der Waals surface area contributed by atoms with Gasteiger partial charge in [0.25, 0.3) is 5.91 Å². The summed E-state index contributed by atoms with van der Waals surface area (Å²) >= 11 is 1.40. The molecule has 24 heavy (non-hydrogen) atoms. The topological polar surface area (TPSA) is 96.4 Å². The Morgan fingerprint density at radius 2 is 2.04 bits per heavy atom. The number of nitrogens with one attached hydrogen (secondary N) is 1. The number of amides is 2. The maximum atomic E-state index is 12.6. The molecule has 1 N–H and O–H groups in total. The number of sulfone groups is 1. The second kappa shape index (κ2) is 7.98. The van der Waals surface area contributed by atoms with Gasteiger partial charge in [-0.15, -0.1) is 11.8 Å². The molecule has 2 heterocycles. The lowest BCUT2D eigenvalue weighted by molar-refractivity contribution is -0.118. The van der Waals surface area contributed by atoms with Gasteiger partial charge in [0.05, 0.1) is 10.8 Å². The Kier molecular flexibility index (Phi) is 6.22. The molecule has 1 aliphatic heterocycles. The van der Waals surface area contributed by atoms with Gasteiger partial charge < -0.3 is 10.2 Å². The molecule has 0 bridgehead atoms. The van der Waals surface area contributed by atoms with Gasteiger partial charge in [-0.05, 0) is 31.2 Å². The van der Waals surface area contributed by atoms with E-state index in [1.54, 1.807) is 23.2 Å². The number of hydrogen-bond donors (Lipinski definition) is 1. The van der Waals surface area contributed by atoms with Gasteiger partial charge in [-0.1, -0.05) is 0 Å². The second-order valence-corrected chi connectivity index (χ2v) is 8.61. The number of rotatable bonds is 5. The lowest BCUT2D eigenvalue weighted by Crippen LogP contribution is -2.44. The van der Waals surface area contributed by atoms with Crippen LogP contribution >= 0.6 is 11.8 Å². The molecule has 132 valence electrons. The van der Waals surface area contributed by atoms with Crippen LogP contribution in [-0.4, -0.2) is 67.5 Å². The number of carbonyl (C=O) groups excluding carboxylic acids is 2. The highest BCUT2D eigenvalue weighted by molar-refractivity contribution is 7.98. The van der Waals surface area contributed by atoms with Crippen LogP contribution in [0.4, 0.5) is 0 Å². The average Bonchev–Trinajstić information content (AvgIpc) is 2.60. The number of hydrogen-bond acceptors (Lipinski definition) is 6. The number of carbonyl (C=O) groups is 2. The van der Waals surface area contributed by atoms with Crippen molar-refractivity contribution in [2.75, 3.05) is 32.1 Å². The molecule has 1 aromatic rings. The van der Waals surface area contributed by atoms with Crippen molar-refractivity contribution >= 4 is 33.4 Å². The minimum atomic E-state index is -3.49. The van der Waals surface area contributed by atoms with Crippen LogP contribution in [0, 0.1) is 0 Å². The smallest absolute Gasteiger partial charge is 0.256 e. The molecular formula is C15H21N3O4S2. The normalized spacial score (nSPS) is 16.0. The molecule has 2 rings (SSSR count). The first-order valence-corrected chi connectivity index (χ1v) is 10.5. The molecule has 0 aliphatic carbocycles. The number of aromatic nitrogens is 1. The van der Waals surface area contributed by atoms with E-state index in [1.165, 1.54) is 18.8 Å². The summed E-state index contributed by atoms with van der Waals surface area (Å²) in [6.45, 7) is 0.721. The van der Waals surface area contributed by atoms with Crippen molar-refractivity contribution in [3.05, 3.63) is 23.9 Å². The van der Waals surface area contributed by atoms with E-state index in [9.17, 15) is 18.0 Å². The molecule has 0 saturated carbocycles. The van der Waals surface area contributed by atoms with E-state index >= 15 is 0 Å². The molecular weight excluding hydrogens is 350 g/mol. The molecule has 0 atom stereocenters. The summed E-state index contributed by atoms with van der Waals surface area (Å²) < 4.78 is 24.4. The second-order valence-electron chi connectivity index (χ2n) is 5.53. The number of likely N-dealkylation sites (tertiary alicyclic amines) is 1. The highest BCUT2D eigenvalue weighted by Gasteiger charge is 2.33. The first-order valence-electron chi connectivity index (χ1n) is 7.59. The first-order chi connectivity index (χ1) is 11.4. The summed E-state index contributed by atoms with van der Waals surface area (Å²) in [6.07, 6.45) is 4.19. The fourth-order valence-corrected chi connectivity index (χ4v) is 4.89.